The molecule has 0 radical (unpaired) electrons. The first-order valence-corrected chi connectivity index (χ1v) is 14.1. The van der Waals surface area contributed by atoms with E-state index < -0.39 is 40.5 Å². The number of thiophene rings is 1. The molecular formula is C25H19ClF6N4O2S2. The third-order valence-corrected chi connectivity index (χ3v) is 9.46. The number of halogens is 7. The van der Waals surface area contributed by atoms with Crippen molar-refractivity contribution in [2.24, 2.45) is 0 Å². The van der Waals surface area contributed by atoms with Crippen LogP contribution in [-0.4, -0.2) is 36.9 Å². The molecule has 1 aliphatic carbocycles. The Kier molecular flexibility index (Phi) is 7.36. The Morgan fingerprint density at radius 2 is 1.77 bits per heavy atom. The number of rotatable bonds is 7. The predicted molar refractivity (Wildman–Crippen MR) is 141 cm³/mol. The Bertz CT molecular complexity index is 1590. The molecule has 2 unspecified atom stereocenters. The molecule has 4 aromatic rings. The van der Waals surface area contributed by atoms with Gasteiger partial charge < -0.3 is 10.8 Å². The van der Waals surface area contributed by atoms with Gasteiger partial charge in [-0.15, -0.1) is 11.3 Å². The summed E-state index contributed by atoms with van der Waals surface area (Å²) in [6.45, 7) is 0. The fraction of sp³-hybridized carbons (Fsp3) is 0.280. The van der Waals surface area contributed by atoms with Crippen LogP contribution in [0.1, 0.15) is 35.0 Å². The van der Waals surface area contributed by atoms with Crippen LogP contribution in [0.15, 0.2) is 54.7 Å². The number of aliphatic hydroxyl groups is 1. The van der Waals surface area contributed by atoms with Crippen LogP contribution in [-0.2, 0) is 16.6 Å². The standard InChI is InChI=1S/C25H19ClF6N4O2S2/c26-16-6-7-19(33)35-20(16)21(36-40(38)14-4-5-14)18-10-12-2-1-3-15(22(12)39-18)17-11-13(8-9-34-17)23(37,24(27,28)29)25(30,31)32/h1-3,6-11,14,21,36-37H,4-5H2,(H2,33,35). The number of fused-ring (bicyclic) bond motifs is 1. The molecule has 3 aromatic heterocycles. The number of anilines is 1. The lowest BCUT2D eigenvalue weighted by Gasteiger charge is -2.32. The molecule has 3 heterocycles. The van der Waals surface area contributed by atoms with Gasteiger partial charge in [-0.1, -0.05) is 29.8 Å². The summed E-state index contributed by atoms with van der Waals surface area (Å²) >= 11 is 7.56. The summed E-state index contributed by atoms with van der Waals surface area (Å²) in [5.74, 6) is 0.174. The molecule has 1 fully saturated rings. The molecule has 1 aromatic carbocycles. The van der Waals surface area contributed by atoms with Crippen molar-refractivity contribution in [3.8, 4) is 11.3 Å². The highest BCUT2D eigenvalue weighted by atomic mass is 35.5. The smallest absolute Gasteiger partial charge is 0.384 e. The quantitative estimate of drug-likeness (QED) is 0.207. The van der Waals surface area contributed by atoms with Crippen LogP contribution in [0.4, 0.5) is 32.2 Å². The van der Waals surface area contributed by atoms with E-state index >= 15 is 0 Å². The van der Waals surface area contributed by atoms with E-state index in [0.717, 1.165) is 30.4 Å². The van der Waals surface area contributed by atoms with Gasteiger partial charge in [0.2, 0.25) is 0 Å². The van der Waals surface area contributed by atoms with Gasteiger partial charge in [0.15, 0.2) is 0 Å². The summed E-state index contributed by atoms with van der Waals surface area (Å²) in [6, 6.07) is 9.82. The topological polar surface area (TPSA) is 101 Å². The lowest BCUT2D eigenvalue weighted by atomic mass is 9.91. The normalized spacial score (nSPS) is 16.3. The van der Waals surface area contributed by atoms with Gasteiger partial charge in [0.05, 0.1) is 33.4 Å². The zero-order chi connectivity index (χ0) is 29.0. The summed E-state index contributed by atoms with van der Waals surface area (Å²) in [5.41, 5.74) is -0.307. The van der Waals surface area contributed by atoms with E-state index in [1.165, 1.54) is 12.1 Å². The van der Waals surface area contributed by atoms with Gasteiger partial charge in [0.1, 0.15) is 5.82 Å². The number of aromatic nitrogens is 2. The first kappa shape index (κ1) is 28.7. The van der Waals surface area contributed by atoms with Crippen LogP contribution in [0.5, 0.6) is 0 Å². The Balaban J connectivity index is 1.63. The maximum atomic E-state index is 13.5. The number of hydrogen-bond acceptors (Lipinski definition) is 6. The van der Waals surface area contributed by atoms with Gasteiger partial charge in [-0.3, -0.25) is 4.98 Å². The molecule has 0 bridgehead atoms. The Morgan fingerprint density at radius 1 is 1.07 bits per heavy atom. The van der Waals surface area contributed by atoms with Gasteiger partial charge in [0.25, 0.3) is 5.60 Å². The zero-order valence-corrected chi connectivity index (χ0v) is 22.4. The predicted octanol–water partition coefficient (Wildman–Crippen LogP) is 6.41. The fourth-order valence-electron chi connectivity index (χ4n) is 4.14. The zero-order valence-electron chi connectivity index (χ0n) is 20.1. The summed E-state index contributed by atoms with van der Waals surface area (Å²) in [4.78, 5) is 8.90. The van der Waals surface area contributed by atoms with Gasteiger partial charge in [-0.25, -0.2) is 13.9 Å². The Labute approximate surface area is 234 Å². The molecule has 0 saturated heterocycles. The number of nitrogens with one attached hydrogen (secondary N) is 1. The molecule has 40 heavy (non-hydrogen) atoms. The molecular weight excluding hydrogens is 602 g/mol. The second kappa shape index (κ2) is 10.2. The molecule has 0 aliphatic heterocycles. The lowest BCUT2D eigenvalue weighted by Crippen LogP contribution is -2.53. The third-order valence-electron chi connectivity index (χ3n) is 6.35. The molecule has 1 aliphatic rings. The number of nitrogens with two attached hydrogens (primary N) is 1. The Morgan fingerprint density at radius 3 is 2.42 bits per heavy atom. The van der Waals surface area contributed by atoms with Crippen LogP contribution in [0, 0.1) is 0 Å². The highest BCUT2D eigenvalue weighted by molar-refractivity contribution is 7.84. The maximum Gasteiger partial charge on any atom is 0.430 e. The maximum absolute atomic E-state index is 13.5. The van der Waals surface area contributed by atoms with Crippen molar-refractivity contribution >= 4 is 49.8 Å². The minimum absolute atomic E-state index is 0.0415. The SMILES string of the molecule is Nc1ccc(Cl)c(C(NS(=O)C2CC2)c2cc3cccc(-c4cc(C(O)(C(F)(F)F)C(F)(F)F)ccn4)c3s2)n1. The molecule has 1 saturated carbocycles. The average Bonchev–Trinajstić information content (AvgIpc) is 3.65. The van der Waals surface area contributed by atoms with Crippen LogP contribution >= 0.6 is 22.9 Å². The Hall–Kier alpha value is -2.78. The molecule has 6 nitrogen and oxygen atoms in total. The van der Waals surface area contributed by atoms with Crippen molar-refractivity contribution in [3.63, 3.8) is 0 Å². The average molecular weight is 621 g/mol. The number of pyridine rings is 2. The first-order chi connectivity index (χ1) is 18.7. The molecule has 212 valence electrons. The second-order valence-corrected chi connectivity index (χ2v) is 12.1. The van der Waals surface area contributed by atoms with Crippen LogP contribution < -0.4 is 10.5 Å². The minimum Gasteiger partial charge on any atom is -0.384 e. The van der Waals surface area contributed by atoms with Gasteiger partial charge in [0, 0.05) is 32.2 Å². The van der Waals surface area contributed by atoms with Crippen LogP contribution in [0.2, 0.25) is 5.02 Å². The van der Waals surface area contributed by atoms with Gasteiger partial charge in [-0.2, -0.15) is 26.3 Å². The molecule has 2 atom stereocenters. The largest absolute Gasteiger partial charge is 0.430 e. The highest BCUT2D eigenvalue weighted by Crippen LogP contribution is 2.50. The second-order valence-electron chi connectivity index (χ2n) is 9.16. The van der Waals surface area contributed by atoms with Crippen LogP contribution in [0.3, 0.4) is 0 Å². The van der Waals surface area contributed by atoms with Crippen molar-refractivity contribution in [2.75, 3.05) is 5.73 Å². The highest BCUT2D eigenvalue weighted by Gasteiger charge is 2.71. The van der Waals surface area contributed by atoms with E-state index in [2.05, 4.69) is 14.7 Å². The fourth-order valence-corrected chi connectivity index (χ4v) is 6.89. The van der Waals surface area contributed by atoms with Crippen molar-refractivity contribution in [3.05, 3.63) is 75.9 Å². The van der Waals surface area contributed by atoms with Crippen molar-refractivity contribution in [1.29, 1.82) is 0 Å². The molecule has 5 rings (SSSR count). The number of hydrogen-bond donors (Lipinski definition) is 3. The number of nitrogens with zero attached hydrogens (tertiary/aromatic N) is 2. The van der Waals surface area contributed by atoms with E-state index in [1.807, 2.05) is 0 Å². The van der Waals surface area contributed by atoms with Crippen molar-refractivity contribution in [1.82, 2.24) is 14.7 Å². The lowest BCUT2D eigenvalue weighted by molar-refractivity contribution is -0.376. The molecule has 4 N–H and O–H groups in total. The van der Waals surface area contributed by atoms with Crippen molar-refractivity contribution < 1.29 is 35.7 Å². The number of nitrogen functional groups attached to an aromatic ring is 1. The van der Waals surface area contributed by atoms with E-state index in [4.69, 9.17) is 17.3 Å². The monoisotopic (exact) mass is 620 g/mol. The van der Waals surface area contributed by atoms with E-state index in [9.17, 15) is 35.7 Å². The molecule has 0 spiro atoms. The minimum atomic E-state index is -6.04. The molecule has 0 amide bonds. The van der Waals surface area contributed by atoms with Gasteiger partial charge >= 0.3 is 12.4 Å². The summed E-state index contributed by atoms with van der Waals surface area (Å²) < 4.78 is 97.4. The molecule has 15 heteroatoms. The first-order valence-electron chi connectivity index (χ1n) is 11.6. The summed E-state index contributed by atoms with van der Waals surface area (Å²) in [7, 11) is -1.44. The van der Waals surface area contributed by atoms with E-state index in [0.29, 0.717) is 32.8 Å². The van der Waals surface area contributed by atoms with Crippen LogP contribution in [0.25, 0.3) is 21.3 Å². The van der Waals surface area contributed by atoms with E-state index in [-0.39, 0.29) is 27.3 Å². The number of benzene rings is 1. The number of alkyl halides is 6. The van der Waals surface area contributed by atoms with Gasteiger partial charge in [-0.05, 0) is 48.6 Å². The van der Waals surface area contributed by atoms with Crippen molar-refractivity contribution in [2.45, 2.75) is 42.1 Å². The summed E-state index contributed by atoms with van der Waals surface area (Å²) in [6.07, 6.45) is -9.73. The summed E-state index contributed by atoms with van der Waals surface area (Å²) in [5, 5.41) is 10.7. The third kappa shape index (κ3) is 5.18. The van der Waals surface area contributed by atoms with E-state index in [1.54, 1.807) is 24.3 Å².